The van der Waals surface area contributed by atoms with Gasteiger partial charge in [0.2, 0.25) is 0 Å². The van der Waals surface area contributed by atoms with Gasteiger partial charge in [0.1, 0.15) is 0 Å². The minimum atomic E-state index is 0.137. The third kappa shape index (κ3) is 9.18. The van der Waals surface area contributed by atoms with Crippen molar-refractivity contribution in [1.29, 1.82) is 0 Å². The molecule has 0 saturated carbocycles. The number of nitrogens with zero attached hydrogens (tertiary/aromatic N) is 1. The van der Waals surface area contributed by atoms with E-state index in [9.17, 15) is 0 Å². The highest BCUT2D eigenvalue weighted by Gasteiger charge is 2.19. The molecule has 0 amide bonds. The highest BCUT2D eigenvalue weighted by molar-refractivity contribution is 8.85. The van der Waals surface area contributed by atoms with Crippen LogP contribution in [0.2, 0.25) is 0 Å². The Hall–Kier alpha value is -1.47. The molecule has 3 rings (SSSR count). The first-order valence-corrected chi connectivity index (χ1v) is 15.1. The Kier molecular flexibility index (Phi) is 11.0. The lowest BCUT2D eigenvalue weighted by Crippen LogP contribution is -2.17. The lowest BCUT2D eigenvalue weighted by molar-refractivity contribution is 0.198. The third-order valence-corrected chi connectivity index (χ3v) is 10.8. The van der Waals surface area contributed by atoms with E-state index >= 15 is 0 Å². The van der Waals surface area contributed by atoms with Gasteiger partial charge in [-0.1, -0.05) is 104 Å². The van der Waals surface area contributed by atoms with Crippen LogP contribution in [0.15, 0.2) is 99.7 Å². The summed E-state index contributed by atoms with van der Waals surface area (Å²) in [7, 11) is 7.36. The zero-order chi connectivity index (χ0) is 22.6. The summed E-state index contributed by atoms with van der Waals surface area (Å²) in [6, 6.07) is 29.4. The second kappa shape index (κ2) is 13.9. The molecule has 6 heteroatoms. The molecule has 3 aromatic carbocycles. The molecular weight excluding hydrogens is 471 g/mol. The summed E-state index contributed by atoms with van der Waals surface area (Å²) >= 11 is 0. The Morgan fingerprint density at radius 1 is 0.812 bits per heavy atom. The van der Waals surface area contributed by atoms with Crippen molar-refractivity contribution in [3.63, 3.8) is 0 Å². The summed E-state index contributed by atoms with van der Waals surface area (Å²) in [5, 5.41) is 0. The van der Waals surface area contributed by atoms with Crippen LogP contribution in [0.3, 0.4) is 0 Å². The maximum atomic E-state index is 6.27. The van der Waals surface area contributed by atoms with Crippen LogP contribution < -0.4 is 0 Å². The number of hydrogen-bond acceptors (Lipinski definition) is 6. The first kappa shape index (κ1) is 25.2. The first-order valence-electron chi connectivity index (χ1n) is 10.7. The van der Waals surface area contributed by atoms with Gasteiger partial charge in [0, 0.05) is 16.2 Å². The van der Waals surface area contributed by atoms with Crippen LogP contribution in [-0.2, 0) is 4.74 Å². The molecule has 0 aliphatic rings. The zero-order valence-electron chi connectivity index (χ0n) is 18.6. The lowest BCUT2D eigenvalue weighted by atomic mass is 10.2. The molecule has 0 bridgehead atoms. The van der Waals surface area contributed by atoms with E-state index in [0.29, 0.717) is 0 Å². The van der Waals surface area contributed by atoms with Gasteiger partial charge in [-0.25, -0.2) is 4.99 Å². The van der Waals surface area contributed by atoms with E-state index in [1.807, 2.05) is 43.2 Å². The topological polar surface area (TPSA) is 21.6 Å². The summed E-state index contributed by atoms with van der Waals surface area (Å²) < 4.78 is 6.55. The maximum Gasteiger partial charge on any atom is 0.190 e. The van der Waals surface area contributed by atoms with Crippen LogP contribution in [-0.4, -0.2) is 16.6 Å². The normalized spacial score (nSPS) is 12.7. The second-order valence-corrected chi connectivity index (χ2v) is 12.5. The molecule has 1 unspecified atom stereocenters. The van der Waals surface area contributed by atoms with Gasteiger partial charge < -0.3 is 4.74 Å². The number of ether oxygens (including phenoxy) is 1. The van der Waals surface area contributed by atoms with Crippen molar-refractivity contribution in [2.24, 2.45) is 4.99 Å². The molecule has 3 aromatic rings. The van der Waals surface area contributed by atoms with E-state index < -0.39 is 0 Å². The quantitative estimate of drug-likeness (QED) is 0.113. The molecule has 0 heterocycles. The van der Waals surface area contributed by atoms with Gasteiger partial charge in [-0.05, 0) is 56.7 Å². The molecule has 2 nitrogen and oxygen atoms in total. The van der Waals surface area contributed by atoms with Gasteiger partial charge in [-0.2, -0.15) is 0 Å². The Bertz CT molecular complexity index is 905. The summed E-state index contributed by atoms with van der Waals surface area (Å²) in [6.07, 6.45) is 1.85. The summed E-state index contributed by atoms with van der Waals surface area (Å²) in [6.45, 7) is 6.35. The molecule has 0 spiro atoms. The van der Waals surface area contributed by atoms with Crippen LogP contribution in [0, 0.1) is 6.92 Å². The third-order valence-electron chi connectivity index (χ3n) is 4.53. The van der Waals surface area contributed by atoms with Crippen molar-refractivity contribution in [3.8, 4) is 0 Å². The predicted octanol–water partition coefficient (Wildman–Crippen LogP) is 9.44. The standard InChI is InChI=1S/C26H29NOS4/c1-4-21(3)28-25(27-22-17-15-20(2)16-18-22)19-26(31-29-23-11-7-5-8-12-23)32-30-24-13-9-6-10-14-24/h5-18,21,26H,4,19H2,1-3H3/b27-25-. The van der Waals surface area contributed by atoms with Crippen LogP contribution >= 0.6 is 43.2 Å². The number of rotatable bonds is 11. The predicted molar refractivity (Wildman–Crippen MR) is 147 cm³/mol. The minimum Gasteiger partial charge on any atom is -0.478 e. The molecule has 0 radical (unpaired) electrons. The molecule has 0 aliphatic carbocycles. The monoisotopic (exact) mass is 499 g/mol. The fourth-order valence-electron chi connectivity index (χ4n) is 2.60. The molecule has 1 atom stereocenters. The SMILES string of the molecule is CCC(C)O/C(CC(SSc1ccccc1)SSc1ccccc1)=N\c1ccc(C)cc1. The van der Waals surface area contributed by atoms with Crippen LogP contribution in [0.5, 0.6) is 0 Å². The molecule has 32 heavy (non-hydrogen) atoms. The lowest BCUT2D eigenvalue weighted by Gasteiger charge is -2.19. The molecule has 0 N–H and O–H groups in total. The number of benzene rings is 3. The molecule has 0 saturated heterocycles. The molecule has 168 valence electrons. The highest BCUT2D eigenvalue weighted by atomic mass is 33.1. The minimum absolute atomic E-state index is 0.137. The molecular formula is C26H29NOS4. The number of aliphatic imine (C=N–C) groups is 1. The Labute approximate surface area is 208 Å². The molecule has 0 aliphatic heterocycles. The van der Waals surface area contributed by atoms with Crippen molar-refractivity contribution in [1.82, 2.24) is 0 Å². The fourth-order valence-corrected chi connectivity index (χ4v) is 8.37. The highest BCUT2D eigenvalue weighted by Crippen LogP contribution is 2.47. The van der Waals surface area contributed by atoms with Gasteiger partial charge in [0.15, 0.2) is 5.90 Å². The van der Waals surface area contributed by atoms with Crippen molar-refractivity contribution in [3.05, 3.63) is 90.5 Å². The van der Waals surface area contributed by atoms with E-state index in [1.54, 1.807) is 0 Å². The summed E-state index contributed by atoms with van der Waals surface area (Å²) in [5.74, 6) is 0.801. The van der Waals surface area contributed by atoms with Gasteiger partial charge in [0.05, 0.1) is 16.4 Å². The van der Waals surface area contributed by atoms with Gasteiger partial charge >= 0.3 is 0 Å². The van der Waals surface area contributed by atoms with Crippen molar-refractivity contribution in [2.45, 2.75) is 54.1 Å². The van der Waals surface area contributed by atoms with E-state index in [4.69, 9.17) is 9.73 Å². The fraction of sp³-hybridized carbons (Fsp3) is 0.269. The van der Waals surface area contributed by atoms with Crippen LogP contribution in [0.1, 0.15) is 32.3 Å². The maximum absolute atomic E-state index is 6.27. The van der Waals surface area contributed by atoms with Crippen LogP contribution in [0.4, 0.5) is 5.69 Å². The smallest absolute Gasteiger partial charge is 0.190 e. The second-order valence-electron chi connectivity index (χ2n) is 7.30. The van der Waals surface area contributed by atoms with E-state index in [1.165, 1.54) is 15.4 Å². The number of hydrogen-bond donors (Lipinski definition) is 0. The largest absolute Gasteiger partial charge is 0.478 e. The van der Waals surface area contributed by atoms with Gasteiger partial charge in [-0.15, -0.1) is 0 Å². The van der Waals surface area contributed by atoms with E-state index in [-0.39, 0.29) is 10.7 Å². The first-order chi connectivity index (χ1) is 15.6. The van der Waals surface area contributed by atoms with E-state index in [2.05, 4.69) is 106 Å². The van der Waals surface area contributed by atoms with Crippen molar-refractivity contribution >= 4 is 54.8 Å². The van der Waals surface area contributed by atoms with Gasteiger partial charge in [-0.3, -0.25) is 0 Å². The van der Waals surface area contributed by atoms with Crippen molar-refractivity contribution < 1.29 is 4.74 Å². The molecule has 0 fully saturated rings. The van der Waals surface area contributed by atoms with Gasteiger partial charge in [0.25, 0.3) is 0 Å². The number of aryl methyl sites for hydroxylation is 1. The average molecular weight is 500 g/mol. The average Bonchev–Trinajstić information content (AvgIpc) is 2.83. The summed E-state index contributed by atoms with van der Waals surface area (Å²) in [4.78, 5) is 7.40. The van der Waals surface area contributed by atoms with Crippen molar-refractivity contribution in [2.75, 3.05) is 0 Å². The Morgan fingerprint density at radius 2 is 1.34 bits per heavy atom. The van der Waals surface area contributed by atoms with Crippen LogP contribution in [0.25, 0.3) is 0 Å². The zero-order valence-corrected chi connectivity index (χ0v) is 21.9. The Morgan fingerprint density at radius 3 is 1.84 bits per heavy atom. The molecule has 0 aromatic heterocycles. The summed E-state index contributed by atoms with van der Waals surface area (Å²) in [5.41, 5.74) is 2.17. The Balaban J connectivity index is 1.75. The van der Waals surface area contributed by atoms with E-state index in [0.717, 1.165) is 24.4 Å².